The Kier molecular flexibility index (Phi) is 9.16. The molecule has 3 nitrogen and oxygen atoms in total. The predicted molar refractivity (Wildman–Crippen MR) is 38.7 cm³/mol. The maximum Gasteiger partial charge on any atom is 1.00 e. The first kappa shape index (κ1) is 14.1. The molecule has 0 aromatic carbocycles. The van der Waals surface area contributed by atoms with Gasteiger partial charge in [-0.2, -0.15) is 0 Å². The number of hydrogen-bond acceptors (Lipinski definition) is 3. The van der Waals surface area contributed by atoms with Gasteiger partial charge in [0.1, 0.15) is 0 Å². The van der Waals surface area contributed by atoms with Gasteiger partial charge in [-0.3, -0.25) is 0 Å². The van der Waals surface area contributed by atoms with E-state index in [9.17, 15) is 13.0 Å². The van der Waals surface area contributed by atoms with Crippen LogP contribution in [0.5, 0.6) is 0 Å². The van der Waals surface area contributed by atoms with Gasteiger partial charge in [-0.1, -0.05) is 26.2 Å². The fourth-order valence-corrected chi connectivity index (χ4v) is 1.26. The van der Waals surface area contributed by atoms with Gasteiger partial charge < -0.3 is 4.55 Å². The molecular weight excluding hydrogens is 159 g/mol. The molecule has 62 valence electrons. The van der Waals surface area contributed by atoms with Crippen LogP contribution in [0.4, 0.5) is 0 Å². The SMILES string of the molecule is CCCCCCS(=O)(=O)[O-].[Li+]. The van der Waals surface area contributed by atoms with Crippen molar-refractivity contribution < 1.29 is 31.8 Å². The maximum absolute atomic E-state index is 10.0. The smallest absolute Gasteiger partial charge is 0.748 e. The molecule has 0 atom stereocenters. The van der Waals surface area contributed by atoms with Crippen molar-refractivity contribution in [3.05, 3.63) is 0 Å². The molecule has 0 spiro atoms. The predicted octanol–water partition coefficient (Wildman–Crippen LogP) is -1.88. The third-order valence-corrected chi connectivity index (χ3v) is 2.04. The zero-order chi connectivity index (χ0) is 8.04. The molecule has 0 aliphatic heterocycles. The molecule has 5 heteroatoms. The van der Waals surface area contributed by atoms with Crippen LogP contribution in [-0.4, -0.2) is 18.7 Å². The van der Waals surface area contributed by atoms with E-state index >= 15 is 0 Å². The Labute approximate surface area is 80.5 Å². The van der Waals surface area contributed by atoms with Gasteiger partial charge >= 0.3 is 18.9 Å². The minimum Gasteiger partial charge on any atom is -0.748 e. The summed E-state index contributed by atoms with van der Waals surface area (Å²) in [7, 11) is -3.95. The van der Waals surface area contributed by atoms with Crippen molar-refractivity contribution in [1.29, 1.82) is 0 Å². The summed E-state index contributed by atoms with van der Waals surface area (Å²) >= 11 is 0. The Hall–Kier alpha value is 0.507. The molecule has 0 aromatic rings. The second-order valence-electron chi connectivity index (χ2n) is 2.32. The maximum atomic E-state index is 10.0. The van der Waals surface area contributed by atoms with Crippen molar-refractivity contribution in [1.82, 2.24) is 0 Å². The van der Waals surface area contributed by atoms with E-state index in [1.54, 1.807) is 0 Å². The van der Waals surface area contributed by atoms with Crippen LogP contribution in [0.1, 0.15) is 32.6 Å². The zero-order valence-electron chi connectivity index (χ0n) is 7.17. The van der Waals surface area contributed by atoms with Gasteiger partial charge in [0, 0.05) is 5.75 Å². The number of unbranched alkanes of at least 4 members (excludes halogenated alkanes) is 3. The molecule has 0 N–H and O–H groups in total. The molecule has 0 rings (SSSR count). The zero-order valence-corrected chi connectivity index (χ0v) is 7.99. The van der Waals surface area contributed by atoms with Gasteiger partial charge in [0.25, 0.3) is 0 Å². The largest absolute Gasteiger partial charge is 1.00 e. The molecular formula is C6H13LiO3S. The molecule has 11 heavy (non-hydrogen) atoms. The number of rotatable bonds is 5. The number of hydrogen-bond donors (Lipinski definition) is 0. The Balaban J connectivity index is 0. The minimum absolute atomic E-state index is 0. The topological polar surface area (TPSA) is 57.2 Å². The molecule has 0 aliphatic carbocycles. The van der Waals surface area contributed by atoms with Gasteiger partial charge in [-0.15, -0.1) is 0 Å². The fourth-order valence-electron chi connectivity index (χ4n) is 0.706. The second-order valence-corrected chi connectivity index (χ2v) is 3.85. The van der Waals surface area contributed by atoms with E-state index in [0.717, 1.165) is 19.3 Å². The molecule has 0 aliphatic rings. The van der Waals surface area contributed by atoms with Crippen LogP contribution in [0, 0.1) is 0 Å². The summed E-state index contributed by atoms with van der Waals surface area (Å²) in [5.74, 6) is -0.201. The third-order valence-electron chi connectivity index (χ3n) is 1.25. The van der Waals surface area contributed by atoms with Crippen molar-refractivity contribution in [2.75, 3.05) is 5.75 Å². The summed E-state index contributed by atoms with van der Waals surface area (Å²) < 4.78 is 30.1. The van der Waals surface area contributed by atoms with Crippen LogP contribution in [0.3, 0.4) is 0 Å². The molecule has 0 unspecified atom stereocenters. The van der Waals surface area contributed by atoms with Crippen LogP contribution in [0.15, 0.2) is 0 Å². The molecule has 0 amide bonds. The summed E-state index contributed by atoms with van der Waals surface area (Å²) in [6, 6.07) is 0. The van der Waals surface area contributed by atoms with Crippen LogP contribution in [0.25, 0.3) is 0 Å². The summed E-state index contributed by atoms with van der Waals surface area (Å²) in [4.78, 5) is 0. The van der Waals surface area contributed by atoms with E-state index in [2.05, 4.69) is 0 Å². The first-order chi connectivity index (χ1) is 4.56. The average Bonchev–Trinajstić information content (AvgIpc) is 1.78. The van der Waals surface area contributed by atoms with Crippen LogP contribution in [0.2, 0.25) is 0 Å². The van der Waals surface area contributed by atoms with Crippen molar-refractivity contribution in [2.45, 2.75) is 32.6 Å². The Morgan fingerprint density at radius 3 is 2.09 bits per heavy atom. The molecule has 0 aromatic heterocycles. The Morgan fingerprint density at radius 2 is 1.73 bits per heavy atom. The first-order valence-electron chi connectivity index (χ1n) is 3.50. The first-order valence-corrected chi connectivity index (χ1v) is 5.07. The van der Waals surface area contributed by atoms with E-state index in [1.807, 2.05) is 6.92 Å². The van der Waals surface area contributed by atoms with Crippen LogP contribution in [-0.2, 0) is 10.1 Å². The van der Waals surface area contributed by atoms with Crippen LogP contribution < -0.4 is 18.9 Å². The minimum atomic E-state index is -3.95. The average molecular weight is 172 g/mol. The third kappa shape index (κ3) is 13.5. The van der Waals surface area contributed by atoms with Crippen molar-refractivity contribution in [3.63, 3.8) is 0 Å². The van der Waals surface area contributed by atoms with E-state index in [0.29, 0.717) is 6.42 Å². The quantitative estimate of drug-likeness (QED) is 0.277. The van der Waals surface area contributed by atoms with Gasteiger partial charge in [0.15, 0.2) is 0 Å². The van der Waals surface area contributed by atoms with Gasteiger partial charge in [-0.05, 0) is 6.42 Å². The van der Waals surface area contributed by atoms with E-state index < -0.39 is 10.1 Å². The molecule has 0 radical (unpaired) electrons. The molecule has 0 heterocycles. The van der Waals surface area contributed by atoms with Crippen molar-refractivity contribution in [3.8, 4) is 0 Å². The fraction of sp³-hybridized carbons (Fsp3) is 1.00. The van der Waals surface area contributed by atoms with E-state index in [4.69, 9.17) is 0 Å². The monoisotopic (exact) mass is 172 g/mol. The summed E-state index contributed by atoms with van der Waals surface area (Å²) in [5.41, 5.74) is 0. The summed E-state index contributed by atoms with van der Waals surface area (Å²) in [6.45, 7) is 2.03. The van der Waals surface area contributed by atoms with Gasteiger partial charge in [0.05, 0.1) is 10.1 Å². The Bertz CT molecular complexity index is 165. The van der Waals surface area contributed by atoms with Gasteiger partial charge in [0.2, 0.25) is 0 Å². The molecule has 0 fully saturated rings. The van der Waals surface area contributed by atoms with E-state index in [-0.39, 0.29) is 24.6 Å². The van der Waals surface area contributed by atoms with Crippen molar-refractivity contribution in [2.24, 2.45) is 0 Å². The molecule has 0 bridgehead atoms. The van der Waals surface area contributed by atoms with E-state index in [1.165, 1.54) is 0 Å². The Morgan fingerprint density at radius 1 is 1.18 bits per heavy atom. The normalized spacial score (nSPS) is 10.7. The van der Waals surface area contributed by atoms with Crippen LogP contribution >= 0.6 is 0 Å². The summed E-state index contributed by atoms with van der Waals surface area (Å²) in [6.07, 6.45) is 3.42. The standard InChI is InChI=1S/C6H14O3S.Li/c1-2-3-4-5-6-10(7,8)9;/h2-6H2,1H3,(H,7,8,9);/q;+1/p-1. The van der Waals surface area contributed by atoms with Gasteiger partial charge in [-0.25, -0.2) is 8.42 Å². The second kappa shape index (κ2) is 7.17. The molecule has 0 saturated carbocycles. The molecule has 0 saturated heterocycles. The van der Waals surface area contributed by atoms with Crippen molar-refractivity contribution >= 4 is 10.1 Å². The summed E-state index contributed by atoms with van der Waals surface area (Å²) in [5, 5.41) is 0.